The van der Waals surface area contributed by atoms with Gasteiger partial charge in [-0.3, -0.25) is 4.98 Å². The van der Waals surface area contributed by atoms with Crippen LogP contribution in [0.5, 0.6) is 0 Å². The lowest BCUT2D eigenvalue weighted by molar-refractivity contribution is 0.697. The highest BCUT2D eigenvalue weighted by Crippen LogP contribution is 2.33. The number of hydrogen-bond acceptors (Lipinski definition) is 2. The SMILES string of the molecule is CNC(c1cc(Cl)ccc1Cl)c1cccc2cnccc12. The number of pyridine rings is 1. The summed E-state index contributed by atoms with van der Waals surface area (Å²) in [6.45, 7) is 0. The number of fused-ring (bicyclic) bond motifs is 1. The molecule has 4 heteroatoms. The molecule has 1 aromatic heterocycles. The summed E-state index contributed by atoms with van der Waals surface area (Å²) in [6, 6.07) is 13.7. The fraction of sp³-hybridized carbons (Fsp3) is 0.118. The first-order valence-electron chi connectivity index (χ1n) is 6.65. The van der Waals surface area contributed by atoms with Crippen LogP contribution < -0.4 is 5.32 Å². The average molecular weight is 317 g/mol. The third kappa shape index (κ3) is 2.75. The molecule has 0 amide bonds. The monoisotopic (exact) mass is 316 g/mol. The molecule has 21 heavy (non-hydrogen) atoms. The maximum Gasteiger partial charge on any atom is 0.0595 e. The van der Waals surface area contributed by atoms with E-state index in [-0.39, 0.29) is 6.04 Å². The third-order valence-corrected chi connectivity index (χ3v) is 4.16. The first-order valence-corrected chi connectivity index (χ1v) is 7.41. The van der Waals surface area contributed by atoms with Crippen molar-refractivity contribution in [3.8, 4) is 0 Å². The van der Waals surface area contributed by atoms with E-state index in [4.69, 9.17) is 23.2 Å². The molecule has 3 rings (SSSR count). The normalized spacial score (nSPS) is 12.5. The van der Waals surface area contributed by atoms with E-state index in [1.165, 1.54) is 0 Å². The van der Waals surface area contributed by atoms with Crippen molar-refractivity contribution < 1.29 is 0 Å². The van der Waals surface area contributed by atoms with E-state index < -0.39 is 0 Å². The Kier molecular flexibility index (Phi) is 4.11. The minimum absolute atomic E-state index is 0.0256. The largest absolute Gasteiger partial charge is 0.309 e. The van der Waals surface area contributed by atoms with Crippen molar-refractivity contribution in [2.45, 2.75) is 6.04 Å². The summed E-state index contributed by atoms with van der Waals surface area (Å²) in [5.41, 5.74) is 2.12. The summed E-state index contributed by atoms with van der Waals surface area (Å²) in [6.07, 6.45) is 3.67. The van der Waals surface area contributed by atoms with Gasteiger partial charge in [-0.15, -0.1) is 0 Å². The van der Waals surface area contributed by atoms with Crippen molar-refractivity contribution in [2.24, 2.45) is 0 Å². The molecule has 0 spiro atoms. The lowest BCUT2D eigenvalue weighted by atomic mass is 9.94. The van der Waals surface area contributed by atoms with Gasteiger partial charge in [0.25, 0.3) is 0 Å². The Labute approximate surface area is 133 Å². The Morgan fingerprint density at radius 3 is 2.71 bits per heavy atom. The van der Waals surface area contributed by atoms with Gasteiger partial charge in [0.15, 0.2) is 0 Å². The first-order chi connectivity index (χ1) is 10.2. The lowest BCUT2D eigenvalue weighted by Crippen LogP contribution is -2.18. The fourth-order valence-corrected chi connectivity index (χ4v) is 3.02. The number of aromatic nitrogens is 1. The van der Waals surface area contributed by atoms with Gasteiger partial charge in [0, 0.05) is 27.8 Å². The maximum atomic E-state index is 6.36. The number of halogens is 2. The average Bonchev–Trinajstić information content (AvgIpc) is 2.51. The minimum atomic E-state index is -0.0256. The molecule has 0 aliphatic rings. The molecule has 1 atom stereocenters. The van der Waals surface area contributed by atoms with Crippen LogP contribution in [-0.4, -0.2) is 12.0 Å². The Hall–Kier alpha value is -1.61. The van der Waals surface area contributed by atoms with Gasteiger partial charge in [0.2, 0.25) is 0 Å². The zero-order valence-electron chi connectivity index (χ0n) is 11.5. The molecular formula is C17H14Cl2N2. The summed E-state index contributed by atoms with van der Waals surface area (Å²) in [4.78, 5) is 4.18. The number of benzene rings is 2. The molecule has 0 aliphatic carbocycles. The molecule has 0 aliphatic heterocycles. The predicted molar refractivity (Wildman–Crippen MR) is 89.1 cm³/mol. The van der Waals surface area contributed by atoms with Crippen LogP contribution in [-0.2, 0) is 0 Å². The van der Waals surface area contributed by atoms with Crippen molar-refractivity contribution in [2.75, 3.05) is 7.05 Å². The van der Waals surface area contributed by atoms with E-state index in [2.05, 4.69) is 22.4 Å². The number of rotatable bonds is 3. The van der Waals surface area contributed by atoms with Crippen molar-refractivity contribution in [1.82, 2.24) is 10.3 Å². The fourth-order valence-electron chi connectivity index (χ4n) is 2.61. The van der Waals surface area contributed by atoms with Crippen LogP contribution in [0.2, 0.25) is 10.0 Å². The highest BCUT2D eigenvalue weighted by atomic mass is 35.5. The number of nitrogens with one attached hydrogen (secondary N) is 1. The molecule has 0 fully saturated rings. The Balaban J connectivity index is 2.21. The summed E-state index contributed by atoms with van der Waals surface area (Å²) >= 11 is 12.5. The molecule has 0 radical (unpaired) electrons. The van der Waals surface area contributed by atoms with Gasteiger partial charge in [-0.2, -0.15) is 0 Å². The molecule has 2 nitrogen and oxygen atoms in total. The molecule has 1 heterocycles. The van der Waals surface area contributed by atoms with Gasteiger partial charge in [0.05, 0.1) is 6.04 Å². The lowest BCUT2D eigenvalue weighted by Gasteiger charge is -2.20. The van der Waals surface area contributed by atoms with Gasteiger partial charge in [-0.25, -0.2) is 0 Å². The smallest absolute Gasteiger partial charge is 0.0595 e. The topological polar surface area (TPSA) is 24.9 Å². The van der Waals surface area contributed by atoms with Gasteiger partial charge in [0.1, 0.15) is 0 Å². The molecule has 0 saturated carbocycles. The first kappa shape index (κ1) is 14.3. The van der Waals surface area contributed by atoms with Crippen molar-refractivity contribution in [3.63, 3.8) is 0 Å². The zero-order valence-corrected chi connectivity index (χ0v) is 13.0. The van der Waals surface area contributed by atoms with Crippen LogP contribution in [0.15, 0.2) is 54.9 Å². The van der Waals surface area contributed by atoms with Crippen LogP contribution in [0, 0.1) is 0 Å². The van der Waals surface area contributed by atoms with Crippen LogP contribution in [0.1, 0.15) is 17.2 Å². The second kappa shape index (κ2) is 6.02. The standard InChI is InChI=1S/C17H14Cl2N2/c1-20-17(15-9-12(18)5-6-16(15)19)14-4-2-3-11-10-21-8-7-13(11)14/h2-10,17,20H,1H3. The summed E-state index contributed by atoms with van der Waals surface area (Å²) < 4.78 is 0. The van der Waals surface area contributed by atoms with Crippen molar-refractivity contribution in [1.29, 1.82) is 0 Å². The molecule has 3 aromatic rings. The van der Waals surface area contributed by atoms with Crippen molar-refractivity contribution >= 4 is 34.0 Å². The quantitative estimate of drug-likeness (QED) is 0.747. The van der Waals surface area contributed by atoms with Gasteiger partial charge >= 0.3 is 0 Å². The molecule has 0 bridgehead atoms. The Morgan fingerprint density at radius 2 is 1.90 bits per heavy atom. The molecule has 1 unspecified atom stereocenters. The van der Waals surface area contributed by atoms with E-state index >= 15 is 0 Å². The third-order valence-electron chi connectivity index (χ3n) is 3.58. The van der Waals surface area contributed by atoms with Crippen LogP contribution >= 0.6 is 23.2 Å². The molecule has 2 aromatic carbocycles. The molecule has 0 saturated heterocycles. The van der Waals surface area contributed by atoms with E-state index in [0.29, 0.717) is 10.0 Å². The Bertz CT molecular complexity index is 781. The highest BCUT2D eigenvalue weighted by Gasteiger charge is 2.17. The van der Waals surface area contributed by atoms with E-state index in [0.717, 1.165) is 21.9 Å². The zero-order chi connectivity index (χ0) is 14.8. The predicted octanol–water partition coefficient (Wildman–Crippen LogP) is 4.85. The molecule has 1 N–H and O–H groups in total. The molecular weight excluding hydrogens is 303 g/mol. The maximum absolute atomic E-state index is 6.36. The Morgan fingerprint density at radius 1 is 1.05 bits per heavy atom. The minimum Gasteiger partial charge on any atom is -0.309 e. The number of nitrogens with zero attached hydrogens (tertiary/aromatic N) is 1. The summed E-state index contributed by atoms with van der Waals surface area (Å²) in [5, 5.41) is 6.97. The van der Waals surface area contributed by atoms with Crippen LogP contribution in [0.3, 0.4) is 0 Å². The van der Waals surface area contributed by atoms with E-state index in [9.17, 15) is 0 Å². The van der Waals surface area contributed by atoms with Crippen LogP contribution in [0.4, 0.5) is 0 Å². The second-order valence-electron chi connectivity index (χ2n) is 4.83. The molecule has 106 valence electrons. The van der Waals surface area contributed by atoms with Crippen LogP contribution in [0.25, 0.3) is 10.8 Å². The summed E-state index contributed by atoms with van der Waals surface area (Å²) in [7, 11) is 1.92. The van der Waals surface area contributed by atoms with E-state index in [1.54, 1.807) is 12.3 Å². The highest BCUT2D eigenvalue weighted by molar-refractivity contribution is 6.33. The second-order valence-corrected chi connectivity index (χ2v) is 5.68. The number of hydrogen-bond donors (Lipinski definition) is 1. The van der Waals surface area contributed by atoms with Gasteiger partial charge in [-0.1, -0.05) is 41.4 Å². The van der Waals surface area contributed by atoms with Crippen molar-refractivity contribution in [3.05, 3.63) is 76.0 Å². The van der Waals surface area contributed by atoms with Gasteiger partial charge in [-0.05, 0) is 47.8 Å². The van der Waals surface area contributed by atoms with E-state index in [1.807, 2.05) is 37.5 Å². The van der Waals surface area contributed by atoms with Gasteiger partial charge < -0.3 is 5.32 Å². The summed E-state index contributed by atoms with van der Waals surface area (Å²) in [5.74, 6) is 0.